The molecule has 0 aromatic heterocycles. The molecular formula is C36H40F26O12S2. The third-order valence-corrected chi connectivity index (χ3v) is 11.2. The van der Waals surface area contributed by atoms with Crippen LogP contribution in [0.25, 0.3) is 0 Å². The predicted octanol–water partition coefficient (Wildman–Crippen LogP) is 10.4. The third kappa shape index (κ3) is 18.1. The van der Waals surface area contributed by atoms with Crippen LogP contribution >= 0.6 is 23.5 Å². The quantitative estimate of drug-likeness (QED) is 0.0195. The Labute approximate surface area is 418 Å². The average molecular weight is 1220 g/mol. The number of ether oxygens (including phenoxy) is 8. The van der Waals surface area contributed by atoms with E-state index in [1.165, 1.54) is 0 Å². The van der Waals surface area contributed by atoms with E-state index in [0.29, 0.717) is 13.8 Å². The fourth-order valence-electron chi connectivity index (χ4n) is 5.04. The summed E-state index contributed by atoms with van der Waals surface area (Å²) in [5.41, 5.74) is -5.60. The molecule has 450 valence electrons. The van der Waals surface area contributed by atoms with E-state index in [0.717, 1.165) is 13.8 Å². The SMILES string of the molecule is CC(=O)OC(COCCOCCOCCOCC(CSC(CC(F)(F)C(F)(F)C(F)(F)C(F)(F)C(F)(F)C(F)(F)F)OC(C)=O)OC(C)=O)CSC(CC(F)(F)C(F)(F)C(F)(F)C(F)(F)C(F)(F)C(F)(F)F)OC(C)=O. The summed E-state index contributed by atoms with van der Waals surface area (Å²) in [6.07, 6.45) is -24.4. The van der Waals surface area contributed by atoms with Crippen molar-refractivity contribution in [2.24, 2.45) is 0 Å². The molecule has 0 aromatic carbocycles. The van der Waals surface area contributed by atoms with Crippen LogP contribution in [0.2, 0.25) is 0 Å². The molecule has 0 saturated heterocycles. The van der Waals surface area contributed by atoms with Gasteiger partial charge in [0.25, 0.3) is 0 Å². The molecule has 0 bridgehead atoms. The Morgan fingerprint density at radius 2 is 0.553 bits per heavy atom. The van der Waals surface area contributed by atoms with Gasteiger partial charge in [-0.1, -0.05) is 0 Å². The Morgan fingerprint density at radius 3 is 0.776 bits per heavy atom. The van der Waals surface area contributed by atoms with Gasteiger partial charge in [0, 0.05) is 39.2 Å². The summed E-state index contributed by atoms with van der Waals surface area (Å²) in [6, 6.07) is 0. The maximum absolute atomic E-state index is 14.5. The van der Waals surface area contributed by atoms with Crippen molar-refractivity contribution in [1.82, 2.24) is 0 Å². The molecule has 0 aromatic rings. The summed E-state index contributed by atoms with van der Waals surface area (Å²) in [5, 5.41) is 0. The van der Waals surface area contributed by atoms with Gasteiger partial charge in [-0.15, -0.1) is 23.5 Å². The van der Waals surface area contributed by atoms with Crippen LogP contribution in [-0.4, -0.2) is 183 Å². The van der Waals surface area contributed by atoms with Crippen molar-refractivity contribution in [3.05, 3.63) is 0 Å². The summed E-state index contributed by atoms with van der Waals surface area (Å²) in [4.78, 5) is 45.9. The molecule has 0 rings (SSSR count). The lowest BCUT2D eigenvalue weighted by molar-refractivity contribution is -0.440. The highest BCUT2D eigenvalue weighted by Gasteiger charge is 2.92. The first-order chi connectivity index (χ1) is 33.9. The highest BCUT2D eigenvalue weighted by Crippen LogP contribution is 2.63. The fraction of sp³-hybridized carbons (Fsp3) is 0.889. The molecule has 0 aliphatic rings. The van der Waals surface area contributed by atoms with Gasteiger partial charge in [-0.3, -0.25) is 19.2 Å². The summed E-state index contributed by atoms with van der Waals surface area (Å²) in [7, 11) is 0. The minimum absolute atomic E-state index is 0.234. The van der Waals surface area contributed by atoms with E-state index in [9.17, 15) is 133 Å². The number of carbonyl (C=O) groups is 4. The van der Waals surface area contributed by atoms with E-state index < -0.39 is 169 Å². The lowest BCUT2D eigenvalue weighted by Crippen LogP contribution is -2.70. The zero-order chi connectivity index (χ0) is 60.2. The van der Waals surface area contributed by atoms with E-state index in [-0.39, 0.29) is 50.0 Å². The Balaban J connectivity index is 5.35. The molecule has 40 heteroatoms. The largest absolute Gasteiger partial charge is 0.460 e. The molecule has 4 unspecified atom stereocenters. The number of thioether (sulfide) groups is 2. The molecule has 0 spiro atoms. The van der Waals surface area contributed by atoms with Gasteiger partial charge in [-0.2, -0.15) is 114 Å². The molecule has 0 radical (unpaired) electrons. The zero-order valence-corrected chi connectivity index (χ0v) is 40.0. The molecule has 0 amide bonds. The predicted molar refractivity (Wildman–Crippen MR) is 201 cm³/mol. The van der Waals surface area contributed by atoms with Crippen molar-refractivity contribution in [3.8, 4) is 0 Å². The van der Waals surface area contributed by atoms with Crippen LogP contribution in [-0.2, 0) is 57.1 Å². The molecule has 0 fully saturated rings. The second-order valence-corrected chi connectivity index (χ2v) is 17.4. The number of carbonyl (C=O) groups excluding carboxylic acids is 4. The molecule has 12 nitrogen and oxygen atoms in total. The number of hydrogen-bond acceptors (Lipinski definition) is 14. The van der Waals surface area contributed by atoms with Gasteiger partial charge < -0.3 is 37.9 Å². The van der Waals surface area contributed by atoms with E-state index in [2.05, 4.69) is 9.47 Å². The van der Waals surface area contributed by atoms with Crippen molar-refractivity contribution in [3.63, 3.8) is 0 Å². The summed E-state index contributed by atoms with van der Waals surface area (Å²) < 4.78 is 391. The van der Waals surface area contributed by atoms with Gasteiger partial charge in [-0.25, -0.2) is 0 Å². The number of rotatable bonds is 35. The molecule has 76 heavy (non-hydrogen) atoms. The van der Waals surface area contributed by atoms with Crippen LogP contribution in [0.3, 0.4) is 0 Å². The molecule has 0 heterocycles. The Bertz CT molecular complexity index is 1740. The van der Waals surface area contributed by atoms with Crippen LogP contribution in [0.4, 0.5) is 114 Å². The van der Waals surface area contributed by atoms with E-state index in [4.69, 9.17) is 28.4 Å². The molecule has 0 aliphatic carbocycles. The molecule has 0 aliphatic heterocycles. The van der Waals surface area contributed by atoms with E-state index in [1.54, 1.807) is 0 Å². The van der Waals surface area contributed by atoms with Crippen LogP contribution in [0.1, 0.15) is 40.5 Å². The highest BCUT2D eigenvalue weighted by molar-refractivity contribution is 8.00. The van der Waals surface area contributed by atoms with Crippen LogP contribution < -0.4 is 0 Å². The maximum Gasteiger partial charge on any atom is 0.460 e. The van der Waals surface area contributed by atoms with Crippen LogP contribution in [0.5, 0.6) is 0 Å². The maximum atomic E-state index is 14.5. The first kappa shape index (κ1) is 72.6. The smallest absolute Gasteiger partial charge is 0.459 e. The molecule has 4 atom stereocenters. The molecular weight excluding hydrogens is 1180 g/mol. The number of alkyl halides is 26. The van der Waals surface area contributed by atoms with Crippen LogP contribution in [0.15, 0.2) is 0 Å². The second kappa shape index (κ2) is 27.2. The van der Waals surface area contributed by atoms with Crippen molar-refractivity contribution < 1.29 is 171 Å². The zero-order valence-electron chi connectivity index (χ0n) is 38.3. The van der Waals surface area contributed by atoms with Gasteiger partial charge >= 0.3 is 95.5 Å². The van der Waals surface area contributed by atoms with Crippen LogP contribution in [0, 0.1) is 0 Å². The van der Waals surface area contributed by atoms with Crippen molar-refractivity contribution in [2.45, 2.75) is 135 Å². The Hall–Kier alpha value is -3.40. The van der Waals surface area contributed by atoms with Gasteiger partial charge in [0.15, 0.2) is 10.9 Å². The minimum atomic E-state index is -8.18. The normalized spacial score (nSPS) is 15.9. The number of esters is 4. The van der Waals surface area contributed by atoms with Gasteiger partial charge in [0.1, 0.15) is 12.2 Å². The minimum Gasteiger partial charge on any atom is -0.459 e. The Kier molecular flexibility index (Phi) is 26.0. The fourth-order valence-corrected chi connectivity index (χ4v) is 7.29. The highest BCUT2D eigenvalue weighted by atomic mass is 32.2. The lowest BCUT2D eigenvalue weighted by atomic mass is 9.93. The first-order valence-corrected chi connectivity index (χ1v) is 22.1. The van der Waals surface area contributed by atoms with Gasteiger partial charge in [0.2, 0.25) is 0 Å². The topological polar surface area (TPSA) is 142 Å². The summed E-state index contributed by atoms with van der Waals surface area (Å²) in [5.74, 6) is -84.7. The summed E-state index contributed by atoms with van der Waals surface area (Å²) in [6.45, 7) is -1.33. The average Bonchev–Trinajstić information content (AvgIpc) is 3.22. The van der Waals surface area contributed by atoms with Crippen molar-refractivity contribution >= 4 is 47.4 Å². The van der Waals surface area contributed by atoms with Crippen molar-refractivity contribution in [2.75, 3.05) is 64.4 Å². The number of halogens is 26. The third-order valence-electron chi connectivity index (χ3n) is 8.76. The first-order valence-electron chi connectivity index (χ1n) is 20.0. The summed E-state index contributed by atoms with van der Waals surface area (Å²) >= 11 is -0.469. The molecule has 0 N–H and O–H groups in total. The lowest BCUT2D eigenvalue weighted by Gasteiger charge is -2.40. The monoisotopic (exact) mass is 1220 g/mol. The van der Waals surface area contributed by atoms with Gasteiger partial charge in [-0.05, 0) is 0 Å². The van der Waals surface area contributed by atoms with Crippen molar-refractivity contribution in [1.29, 1.82) is 0 Å². The molecule has 0 saturated carbocycles. The Morgan fingerprint density at radius 1 is 0.329 bits per heavy atom. The van der Waals surface area contributed by atoms with Gasteiger partial charge in [0.05, 0.1) is 65.7 Å². The second-order valence-electron chi connectivity index (χ2n) is 15.0. The standard InChI is InChI=1S/C36H40F26O12S2/c1-17(63)71-21(15-75-23(73-19(3)65)11-25(37,38)27(41,42)29(45,46)31(49,50)33(53,54)35(57,58)59)13-69-9-7-67-5-6-68-8-10-70-14-22(72-18(2)64)16-76-24(74-20(4)66)12-26(39,40)28(43,44)30(47,48)32(51,52)34(55,56)36(60,61)62/h21-24H,5-16H2,1-4H3. The van der Waals surface area contributed by atoms with E-state index >= 15 is 0 Å². The van der Waals surface area contributed by atoms with E-state index in [1.807, 2.05) is 0 Å². The number of hydrogen-bond donors (Lipinski definition) is 0.